The van der Waals surface area contributed by atoms with Crippen LogP contribution in [0.1, 0.15) is 19.3 Å². The first-order chi connectivity index (χ1) is 13.1. The van der Waals surface area contributed by atoms with Crippen LogP contribution in [0.25, 0.3) is 0 Å². The number of halogens is 1. The normalized spacial score (nSPS) is 20.4. The Hall–Kier alpha value is -1.62. The van der Waals surface area contributed by atoms with Crippen molar-refractivity contribution >= 4 is 35.8 Å². The van der Waals surface area contributed by atoms with E-state index in [1.165, 1.54) is 0 Å². The number of nitrogens with one attached hydrogen (secondary N) is 1. The summed E-state index contributed by atoms with van der Waals surface area (Å²) < 4.78 is 11.4. The van der Waals surface area contributed by atoms with Crippen LogP contribution < -0.4 is 10.1 Å². The van der Waals surface area contributed by atoms with Crippen LogP contribution >= 0.6 is 24.0 Å². The van der Waals surface area contributed by atoms with Crippen molar-refractivity contribution in [1.82, 2.24) is 20.1 Å². The van der Waals surface area contributed by atoms with E-state index < -0.39 is 0 Å². The van der Waals surface area contributed by atoms with E-state index >= 15 is 0 Å². The van der Waals surface area contributed by atoms with Crippen LogP contribution in [0.15, 0.2) is 29.4 Å². The Morgan fingerprint density at radius 3 is 2.82 bits per heavy atom. The van der Waals surface area contributed by atoms with E-state index in [0.29, 0.717) is 11.9 Å². The second-order valence-electron chi connectivity index (χ2n) is 7.10. The molecule has 1 N–H and O–H groups in total. The molecule has 2 fully saturated rings. The van der Waals surface area contributed by atoms with Crippen molar-refractivity contribution in [2.75, 3.05) is 46.9 Å². The number of amides is 1. The Bertz CT molecular complexity index is 638. The van der Waals surface area contributed by atoms with Crippen molar-refractivity contribution in [3.05, 3.63) is 24.4 Å². The van der Waals surface area contributed by atoms with Gasteiger partial charge in [0.2, 0.25) is 11.8 Å². The molecule has 3 heterocycles. The van der Waals surface area contributed by atoms with Crippen molar-refractivity contribution in [3.8, 4) is 5.88 Å². The summed E-state index contributed by atoms with van der Waals surface area (Å²) >= 11 is 0. The molecule has 1 amide bonds. The number of carbonyl (C=O) groups excluding carboxylic acids is 1. The Kier molecular flexibility index (Phi) is 9.23. The van der Waals surface area contributed by atoms with Gasteiger partial charge in [0.15, 0.2) is 5.96 Å². The van der Waals surface area contributed by atoms with E-state index in [0.717, 1.165) is 51.5 Å². The summed E-state index contributed by atoms with van der Waals surface area (Å²) in [4.78, 5) is 24.5. The number of guanidine groups is 1. The Morgan fingerprint density at radius 2 is 2.14 bits per heavy atom. The summed E-state index contributed by atoms with van der Waals surface area (Å²) in [5, 5.41) is 3.53. The fourth-order valence-electron chi connectivity index (χ4n) is 3.15. The minimum Gasteiger partial charge on any atom is -0.472 e. The molecule has 0 aromatic carbocycles. The van der Waals surface area contributed by atoms with Crippen molar-refractivity contribution in [1.29, 1.82) is 0 Å². The van der Waals surface area contributed by atoms with Gasteiger partial charge < -0.3 is 24.6 Å². The van der Waals surface area contributed by atoms with E-state index in [9.17, 15) is 4.79 Å². The molecule has 2 aliphatic rings. The van der Waals surface area contributed by atoms with E-state index in [1.807, 2.05) is 18.2 Å². The molecule has 1 aromatic rings. The summed E-state index contributed by atoms with van der Waals surface area (Å²) in [5.74, 6) is 1.41. The average molecular weight is 503 g/mol. The molecule has 3 rings (SSSR count). The quantitative estimate of drug-likeness (QED) is 0.372. The first kappa shape index (κ1) is 22.7. The van der Waals surface area contributed by atoms with Crippen LogP contribution in [-0.2, 0) is 9.53 Å². The second-order valence-corrected chi connectivity index (χ2v) is 7.10. The third-order valence-electron chi connectivity index (χ3n) is 4.79. The Labute approximate surface area is 183 Å². The minimum absolute atomic E-state index is 0. The zero-order valence-electron chi connectivity index (χ0n) is 16.5. The molecule has 0 bridgehead atoms. The lowest BCUT2D eigenvalue weighted by Gasteiger charge is -2.29. The Balaban J connectivity index is 0.00000280. The summed E-state index contributed by atoms with van der Waals surface area (Å²) in [6, 6.07) is 5.98. The second kappa shape index (κ2) is 11.4. The van der Waals surface area contributed by atoms with Crippen molar-refractivity contribution in [2.45, 2.75) is 31.4 Å². The van der Waals surface area contributed by atoms with E-state index in [-0.39, 0.29) is 42.5 Å². The van der Waals surface area contributed by atoms with E-state index in [4.69, 9.17) is 9.47 Å². The van der Waals surface area contributed by atoms with Gasteiger partial charge in [-0.05, 0) is 18.9 Å². The van der Waals surface area contributed by atoms with Gasteiger partial charge in [0.25, 0.3) is 0 Å². The predicted molar refractivity (Wildman–Crippen MR) is 118 cm³/mol. The van der Waals surface area contributed by atoms with Crippen molar-refractivity contribution in [2.24, 2.45) is 4.99 Å². The number of likely N-dealkylation sites (tertiary alicyclic amines) is 1. The maximum absolute atomic E-state index is 12.0. The molecule has 1 atom stereocenters. The first-order valence-corrected chi connectivity index (χ1v) is 9.53. The van der Waals surface area contributed by atoms with Crippen LogP contribution in [-0.4, -0.2) is 85.7 Å². The standard InChI is InChI=1S/C19H29N5O3.HI/c1-23(2)18(25)13-21-19(22-15-7-11-26-12-8-15)24-10-6-16(14-24)27-17-5-3-4-9-20-17;/h3-5,9,15-16H,6-8,10-14H2,1-2H3,(H,21,22);1H. The number of nitrogens with zero attached hydrogens (tertiary/aromatic N) is 4. The largest absolute Gasteiger partial charge is 0.472 e. The molecule has 0 spiro atoms. The number of hydrogen-bond donors (Lipinski definition) is 1. The zero-order valence-corrected chi connectivity index (χ0v) is 18.9. The summed E-state index contributed by atoms with van der Waals surface area (Å²) in [7, 11) is 3.49. The molecule has 0 radical (unpaired) electrons. The maximum atomic E-state index is 12.0. The number of hydrogen-bond acceptors (Lipinski definition) is 5. The van der Waals surface area contributed by atoms with Crippen LogP contribution in [0.2, 0.25) is 0 Å². The van der Waals surface area contributed by atoms with Gasteiger partial charge >= 0.3 is 0 Å². The molecule has 0 saturated carbocycles. The molecule has 1 aromatic heterocycles. The lowest BCUT2D eigenvalue weighted by molar-refractivity contribution is -0.127. The smallest absolute Gasteiger partial charge is 0.243 e. The fourth-order valence-corrected chi connectivity index (χ4v) is 3.15. The predicted octanol–water partition coefficient (Wildman–Crippen LogP) is 1.37. The molecule has 9 heteroatoms. The number of ether oxygens (including phenoxy) is 2. The van der Waals surface area contributed by atoms with Gasteiger partial charge in [0.1, 0.15) is 12.6 Å². The molecule has 8 nitrogen and oxygen atoms in total. The molecule has 156 valence electrons. The molecular formula is C19H30IN5O3. The van der Waals surface area contributed by atoms with Crippen LogP contribution in [0.3, 0.4) is 0 Å². The highest BCUT2D eigenvalue weighted by Crippen LogP contribution is 2.17. The number of rotatable bonds is 5. The minimum atomic E-state index is -0.0123. The molecule has 28 heavy (non-hydrogen) atoms. The highest BCUT2D eigenvalue weighted by Gasteiger charge is 2.28. The average Bonchev–Trinajstić information content (AvgIpc) is 3.14. The summed E-state index contributed by atoms with van der Waals surface area (Å²) in [6.07, 6.45) is 4.58. The molecular weight excluding hydrogens is 473 g/mol. The third kappa shape index (κ3) is 6.77. The van der Waals surface area contributed by atoms with Crippen LogP contribution in [0.4, 0.5) is 0 Å². The zero-order chi connectivity index (χ0) is 19.1. The maximum Gasteiger partial charge on any atom is 0.243 e. The van der Waals surface area contributed by atoms with Gasteiger partial charge in [0, 0.05) is 58.6 Å². The highest BCUT2D eigenvalue weighted by atomic mass is 127. The fraction of sp³-hybridized carbons (Fsp3) is 0.632. The van der Waals surface area contributed by atoms with Crippen LogP contribution in [0, 0.1) is 0 Å². The lowest BCUT2D eigenvalue weighted by atomic mass is 10.1. The van der Waals surface area contributed by atoms with Gasteiger partial charge in [-0.25, -0.2) is 9.98 Å². The first-order valence-electron chi connectivity index (χ1n) is 9.53. The third-order valence-corrected chi connectivity index (χ3v) is 4.79. The summed E-state index contributed by atoms with van der Waals surface area (Å²) in [6.45, 7) is 3.21. The van der Waals surface area contributed by atoms with Gasteiger partial charge in [-0.1, -0.05) is 6.07 Å². The van der Waals surface area contributed by atoms with Gasteiger partial charge in [-0.15, -0.1) is 24.0 Å². The summed E-state index contributed by atoms with van der Waals surface area (Å²) in [5.41, 5.74) is 0. The molecule has 1 unspecified atom stereocenters. The molecule has 2 saturated heterocycles. The van der Waals surface area contributed by atoms with Gasteiger partial charge in [-0.2, -0.15) is 0 Å². The molecule has 0 aliphatic carbocycles. The highest BCUT2D eigenvalue weighted by molar-refractivity contribution is 14.0. The number of likely N-dealkylation sites (N-methyl/N-ethyl adjacent to an activating group) is 1. The Morgan fingerprint density at radius 1 is 1.36 bits per heavy atom. The topological polar surface area (TPSA) is 79.3 Å². The number of carbonyl (C=O) groups is 1. The van der Waals surface area contributed by atoms with Gasteiger partial charge in [0.05, 0.1) is 6.54 Å². The SMILES string of the molecule is CN(C)C(=O)CN=C(NC1CCOCC1)N1CCC(Oc2ccccn2)C1.I. The van der Waals surface area contributed by atoms with Crippen molar-refractivity contribution in [3.63, 3.8) is 0 Å². The van der Waals surface area contributed by atoms with E-state index in [2.05, 4.69) is 20.2 Å². The number of aliphatic imine (C=N–C) groups is 1. The monoisotopic (exact) mass is 503 g/mol. The number of aromatic nitrogens is 1. The molecule has 2 aliphatic heterocycles. The van der Waals surface area contributed by atoms with Crippen LogP contribution in [0.5, 0.6) is 5.88 Å². The van der Waals surface area contributed by atoms with E-state index in [1.54, 1.807) is 25.2 Å². The lowest BCUT2D eigenvalue weighted by Crippen LogP contribution is -2.48. The van der Waals surface area contributed by atoms with Gasteiger partial charge in [-0.3, -0.25) is 4.79 Å². The number of pyridine rings is 1. The van der Waals surface area contributed by atoms with Crippen molar-refractivity contribution < 1.29 is 14.3 Å².